The number of fused-ring (bicyclic) bond motifs is 1. The minimum absolute atomic E-state index is 0.524. The van der Waals surface area contributed by atoms with Crippen LogP contribution in [0, 0.1) is 0 Å². The van der Waals surface area contributed by atoms with E-state index in [-0.39, 0.29) is 0 Å². The fourth-order valence-corrected chi connectivity index (χ4v) is 2.20. The van der Waals surface area contributed by atoms with Gasteiger partial charge < -0.3 is 19.2 Å². The van der Waals surface area contributed by atoms with Crippen molar-refractivity contribution < 1.29 is 14.2 Å². The molecule has 1 N–H and O–H groups in total. The topological polar surface area (TPSA) is 69.3 Å². The number of aromatic nitrogens is 3. The standard InChI is InChI=1S/C15H15N3O3/c1-19-12-7-10-11(8-13(12)20-2)18-14(17-10)9-5-4-6-16-15(9)21-3/h4-8H,1-3H3,(H,17,18). The Balaban J connectivity index is 2.17. The first-order valence-electron chi connectivity index (χ1n) is 6.38. The van der Waals surface area contributed by atoms with Crippen LogP contribution in [0.1, 0.15) is 0 Å². The van der Waals surface area contributed by atoms with Gasteiger partial charge in [0.15, 0.2) is 11.5 Å². The molecular weight excluding hydrogens is 270 g/mol. The van der Waals surface area contributed by atoms with E-state index in [9.17, 15) is 0 Å². The molecule has 0 unspecified atom stereocenters. The molecule has 0 aliphatic heterocycles. The molecule has 0 radical (unpaired) electrons. The summed E-state index contributed by atoms with van der Waals surface area (Å²) >= 11 is 0. The summed E-state index contributed by atoms with van der Waals surface area (Å²) < 4.78 is 15.8. The Morgan fingerprint density at radius 2 is 1.76 bits per heavy atom. The highest BCUT2D eigenvalue weighted by atomic mass is 16.5. The molecule has 0 saturated carbocycles. The molecule has 0 bridgehead atoms. The molecule has 108 valence electrons. The molecule has 0 spiro atoms. The Labute approximate surface area is 121 Å². The van der Waals surface area contributed by atoms with Crippen molar-refractivity contribution in [1.82, 2.24) is 15.0 Å². The van der Waals surface area contributed by atoms with E-state index in [0.29, 0.717) is 23.2 Å². The highest BCUT2D eigenvalue weighted by Gasteiger charge is 2.14. The molecule has 6 nitrogen and oxygen atoms in total. The fourth-order valence-electron chi connectivity index (χ4n) is 2.20. The molecule has 0 amide bonds. The zero-order valence-corrected chi connectivity index (χ0v) is 12.0. The number of nitrogens with zero attached hydrogens (tertiary/aromatic N) is 2. The number of hydrogen-bond donors (Lipinski definition) is 1. The van der Waals surface area contributed by atoms with Crippen LogP contribution in [0.25, 0.3) is 22.4 Å². The maximum Gasteiger partial charge on any atom is 0.224 e. The quantitative estimate of drug-likeness (QED) is 0.798. The van der Waals surface area contributed by atoms with Crippen molar-refractivity contribution in [2.75, 3.05) is 21.3 Å². The Hall–Kier alpha value is -2.76. The van der Waals surface area contributed by atoms with E-state index in [1.54, 1.807) is 27.5 Å². The summed E-state index contributed by atoms with van der Waals surface area (Å²) in [6.45, 7) is 0. The first-order valence-corrected chi connectivity index (χ1v) is 6.38. The van der Waals surface area contributed by atoms with Gasteiger partial charge in [-0.15, -0.1) is 0 Å². The third kappa shape index (κ3) is 2.24. The maximum absolute atomic E-state index is 5.29. The number of rotatable bonds is 4. The number of aromatic amines is 1. The molecule has 2 aromatic heterocycles. The third-order valence-corrected chi connectivity index (χ3v) is 3.21. The van der Waals surface area contributed by atoms with Gasteiger partial charge in [0.25, 0.3) is 0 Å². The van der Waals surface area contributed by atoms with Crippen LogP contribution in [0.3, 0.4) is 0 Å². The molecule has 6 heteroatoms. The molecule has 0 fully saturated rings. The Bertz CT molecular complexity index is 742. The van der Waals surface area contributed by atoms with Gasteiger partial charge in [-0.25, -0.2) is 9.97 Å². The lowest BCUT2D eigenvalue weighted by atomic mass is 10.2. The van der Waals surface area contributed by atoms with Gasteiger partial charge in [-0.1, -0.05) is 0 Å². The number of ether oxygens (including phenoxy) is 3. The molecular formula is C15H15N3O3. The van der Waals surface area contributed by atoms with Gasteiger partial charge in [-0.2, -0.15) is 0 Å². The number of benzene rings is 1. The van der Waals surface area contributed by atoms with Gasteiger partial charge >= 0.3 is 0 Å². The molecule has 1 aromatic carbocycles. The summed E-state index contributed by atoms with van der Waals surface area (Å²) in [5.74, 6) is 2.50. The lowest BCUT2D eigenvalue weighted by molar-refractivity contribution is 0.356. The van der Waals surface area contributed by atoms with Crippen LogP contribution in [0.15, 0.2) is 30.5 Å². The highest BCUT2D eigenvalue weighted by Crippen LogP contribution is 2.33. The van der Waals surface area contributed by atoms with Crippen LogP contribution in [-0.2, 0) is 0 Å². The van der Waals surface area contributed by atoms with E-state index in [4.69, 9.17) is 14.2 Å². The predicted octanol–water partition coefficient (Wildman–Crippen LogP) is 2.65. The van der Waals surface area contributed by atoms with Crippen molar-refractivity contribution in [3.05, 3.63) is 30.5 Å². The number of imidazole rings is 1. The van der Waals surface area contributed by atoms with E-state index >= 15 is 0 Å². The molecule has 21 heavy (non-hydrogen) atoms. The zero-order chi connectivity index (χ0) is 14.8. The Kier molecular flexibility index (Phi) is 3.35. The second-order valence-corrected chi connectivity index (χ2v) is 4.37. The van der Waals surface area contributed by atoms with Gasteiger partial charge in [-0.05, 0) is 12.1 Å². The van der Waals surface area contributed by atoms with Crippen molar-refractivity contribution >= 4 is 11.0 Å². The van der Waals surface area contributed by atoms with E-state index < -0.39 is 0 Å². The number of hydrogen-bond acceptors (Lipinski definition) is 5. The minimum atomic E-state index is 0.524. The van der Waals surface area contributed by atoms with Crippen LogP contribution in [0.5, 0.6) is 17.4 Å². The number of nitrogens with one attached hydrogen (secondary N) is 1. The van der Waals surface area contributed by atoms with Gasteiger partial charge in [0.05, 0.1) is 37.9 Å². The lowest BCUT2D eigenvalue weighted by Gasteiger charge is -2.06. The van der Waals surface area contributed by atoms with Crippen molar-refractivity contribution in [2.24, 2.45) is 0 Å². The van der Waals surface area contributed by atoms with Crippen molar-refractivity contribution in [2.45, 2.75) is 0 Å². The summed E-state index contributed by atoms with van der Waals surface area (Å²) in [6, 6.07) is 7.43. The van der Waals surface area contributed by atoms with Crippen LogP contribution in [0.2, 0.25) is 0 Å². The summed E-state index contributed by atoms with van der Waals surface area (Å²) in [6.07, 6.45) is 1.68. The second-order valence-electron chi connectivity index (χ2n) is 4.37. The Morgan fingerprint density at radius 1 is 1.00 bits per heavy atom. The SMILES string of the molecule is COc1cc2nc(-c3cccnc3OC)[nH]c2cc1OC. The van der Waals surface area contributed by atoms with E-state index in [1.807, 2.05) is 24.3 Å². The predicted molar refractivity (Wildman–Crippen MR) is 79.0 cm³/mol. The number of methoxy groups -OCH3 is 3. The first-order chi connectivity index (χ1) is 10.3. The maximum atomic E-state index is 5.29. The molecule has 3 aromatic rings. The van der Waals surface area contributed by atoms with E-state index in [0.717, 1.165) is 16.6 Å². The van der Waals surface area contributed by atoms with Crippen molar-refractivity contribution in [3.8, 4) is 28.8 Å². The number of pyridine rings is 1. The molecule has 3 rings (SSSR count). The van der Waals surface area contributed by atoms with Crippen LogP contribution in [-0.4, -0.2) is 36.3 Å². The lowest BCUT2D eigenvalue weighted by Crippen LogP contribution is -1.91. The Morgan fingerprint density at radius 3 is 2.48 bits per heavy atom. The average Bonchev–Trinajstić information content (AvgIpc) is 2.95. The molecule has 0 aliphatic rings. The normalized spacial score (nSPS) is 10.6. The third-order valence-electron chi connectivity index (χ3n) is 3.21. The van der Waals surface area contributed by atoms with E-state index in [1.165, 1.54) is 0 Å². The summed E-state index contributed by atoms with van der Waals surface area (Å²) in [5.41, 5.74) is 2.44. The van der Waals surface area contributed by atoms with Gasteiger partial charge in [-0.3, -0.25) is 0 Å². The van der Waals surface area contributed by atoms with Crippen LogP contribution < -0.4 is 14.2 Å². The average molecular weight is 285 g/mol. The monoisotopic (exact) mass is 285 g/mol. The fraction of sp³-hybridized carbons (Fsp3) is 0.200. The zero-order valence-electron chi connectivity index (χ0n) is 12.0. The summed E-state index contributed by atoms with van der Waals surface area (Å²) in [5, 5.41) is 0. The van der Waals surface area contributed by atoms with E-state index in [2.05, 4.69) is 15.0 Å². The summed E-state index contributed by atoms with van der Waals surface area (Å²) in [4.78, 5) is 12.0. The summed E-state index contributed by atoms with van der Waals surface area (Å²) in [7, 11) is 4.78. The molecule has 2 heterocycles. The second kappa shape index (κ2) is 5.32. The minimum Gasteiger partial charge on any atom is -0.493 e. The van der Waals surface area contributed by atoms with Crippen molar-refractivity contribution in [1.29, 1.82) is 0 Å². The smallest absolute Gasteiger partial charge is 0.224 e. The molecule has 0 saturated heterocycles. The van der Waals surface area contributed by atoms with Gasteiger partial charge in [0, 0.05) is 18.3 Å². The molecule has 0 atom stereocenters. The van der Waals surface area contributed by atoms with Gasteiger partial charge in [0.2, 0.25) is 5.88 Å². The largest absolute Gasteiger partial charge is 0.493 e. The van der Waals surface area contributed by atoms with Crippen LogP contribution in [0.4, 0.5) is 0 Å². The van der Waals surface area contributed by atoms with Crippen molar-refractivity contribution in [3.63, 3.8) is 0 Å². The van der Waals surface area contributed by atoms with Crippen LogP contribution >= 0.6 is 0 Å². The van der Waals surface area contributed by atoms with Gasteiger partial charge in [0.1, 0.15) is 5.82 Å². The first kappa shape index (κ1) is 13.2. The highest BCUT2D eigenvalue weighted by molar-refractivity contribution is 5.83. The molecule has 0 aliphatic carbocycles. The number of H-pyrrole nitrogens is 1.